The number of rotatable bonds is 9. The number of likely N-dealkylation sites (N-methyl/N-ethyl adjacent to an activating group) is 2. The zero-order chi connectivity index (χ0) is 24.2. The first-order chi connectivity index (χ1) is 16.4. The quantitative estimate of drug-likeness (QED) is 0.283. The maximum Gasteiger partial charge on any atom is 0.294 e. The number of nitrogens with zero attached hydrogens (tertiary/aromatic N) is 6. The summed E-state index contributed by atoms with van der Waals surface area (Å²) in [5, 5.41) is 15.9. The van der Waals surface area contributed by atoms with Gasteiger partial charge in [0, 0.05) is 61.8 Å². The fraction of sp³-hybridized carbons (Fsp3) is 0.261. The Bertz CT molecular complexity index is 1320. The van der Waals surface area contributed by atoms with Crippen LogP contribution in [0.15, 0.2) is 48.9 Å². The van der Waals surface area contributed by atoms with Crippen LogP contribution in [-0.2, 0) is 0 Å². The van der Waals surface area contributed by atoms with Crippen LogP contribution in [0.5, 0.6) is 5.75 Å². The second-order valence-electron chi connectivity index (χ2n) is 8.02. The third kappa shape index (κ3) is 4.74. The van der Waals surface area contributed by atoms with Crippen molar-refractivity contribution in [3.63, 3.8) is 0 Å². The number of aromatic amines is 1. The molecule has 0 fully saturated rings. The standard InChI is InChI=1S/C23H26N8O3/c1-29(2)10-11-30(3)19-13-21(34-4)18(12-20(19)31(32)33)28-23-25-9-7-17(27-23)16-14-26-22-15(16)6-5-8-24-22/h5-9,12-14H,10-11H2,1-4H3,(H,24,26)(H,25,27,28). The first kappa shape index (κ1) is 22.9. The Morgan fingerprint density at radius 3 is 2.71 bits per heavy atom. The van der Waals surface area contributed by atoms with Gasteiger partial charge in [0.2, 0.25) is 5.95 Å². The minimum atomic E-state index is -0.400. The average molecular weight is 463 g/mol. The lowest BCUT2D eigenvalue weighted by atomic mass is 10.1. The van der Waals surface area contributed by atoms with E-state index in [2.05, 4.69) is 25.3 Å². The molecule has 2 N–H and O–H groups in total. The summed E-state index contributed by atoms with van der Waals surface area (Å²) in [5.74, 6) is 0.736. The molecule has 0 unspecified atom stereocenters. The van der Waals surface area contributed by atoms with Gasteiger partial charge in [0.25, 0.3) is 5.69 Å². The Hall–Kier alpha value is -4.25. The Balaban J connectivity index is 1.68. The van der Waals surface area contributed by atoms with Crippen molar-refractivity contribution in [3.8, 4) is 17.0 Å². The van der Waals surface area contributed by atoms with E-state index in [1.807, 2.05) is 49.3 Å². The van der Waals surface area contributed by atoms with Crippen LogP contribution in [0.2, 0.25) is 0 Å². The van der Waals surface area contributed by atoms with Crippen LogP contribution in [0.4, 0.5) is 23.0 Å². The van der Waals surface area contributed by atoms with E-state index >= 15 is 0 Å². The Morgan fingerprint density at radius 1 is 1.15 bits per heavy atom. The minimum absolute atomic E-state index is 0.0385. The van der Waals surface area contributed by atoms with E-state index in [1.165, 1.54) is 13.2 Å². The van der Waals surface area contributed by atoms with Crippen LogP contribution < -0.4 is 15.0 Å². The molecule has 4 aromatic rings. The number of nitrogens with one attached hydrogen (secondary N) is 2. The van der Waals surface area contributed by atoms with Crippen LogP contribution in [0.1, 0.15) is 0 Å². The number of benzene rings is 1. The molecule has 11 nitrogen and oxygen atoms in total. The molecule has 0 bridgehead atoms. The van der Waals surface area contributed by atoms with E-state index in [4.69, 9.17) is 4.74 Å². The zero-order valence-electron chi connectivity index (χ0n) is 19.4. The van der Waals surface area contributed by atoms with Crippen molar-refractivity contribution in [1.29, 1.82) is 0 Å². The minimum Gasteiger partial charge on any atom is -0.494 e. The summed E-state index contributed by atoms with van der Waals surface area (Å²) < 4.78 is 5.54. The summed E-state index contributed by atoms with van der Waals surface area (Å²) in [7, 11) is 7.25. The average Bonchev–Trinajstić information content (AvgIpc) is 3.26. The number of H-pyrrole nitrogens is 1. The topological polar surface area (TPSA) is 125 Å². The number of nitro groups is 1. The molecule has 176 valence electrons. The summed E-state index contributed by atoms with van der Waals surface area (Å²) in [6.07, 6.45) is 5.19. The molecule has 0 radical (unpaired) electrons. The van der Waals surface area contributed by atoms with E-state index < -0.39 is 4.92 Å². The molecular weight excluding hydrogens is 436 g/mol. The lowest BCUT2D eigenvalue weighted by Gasteiger charge is -2.22. The zero-order valence-corrected chi connectivity index (χ0v) is 19.4. The lowest BCUT2D eigenvalue weighted by molar-refractivity contribution is -0.384. The maximum atomic E-state index is 11.9. The Kier molecular flexibility index (Phi) is 6.55. The number of methoxy groups -OCH3 is 1. The van der Waals surface area contributed by atoms with Gasteiger partial charge in [-0.3, -0.25) is 10.1 Å². The van der Waals surface area contributed by atoms with Crippen LogP contribution >= 0.6 is 0 Å². The fourth-order valence-corrected chi connectivity index (χ4v) is 3.60. The summed E-state index contributed by atoms with van der Waals surface area (Å²) in [6, 6.07) is 8.73. The summed E-state index contributed by atoms with van der Waals surface area (Å²) in [4.78, 5) is 31.7. The van der Waals surface area contributed by atoms with Crippen molar-refractivity contribution in [1.82, 2.24) is 24.8 Å². The molecule has 1 aromatic carbocycles. The van der Waals surface area contributed by atoms with Gasteiger partial charge < -0.3 is 24.8 Å². The van der Waals surface area contributed by atoms with Gasteiger partial charge in [0.1, 0.15) is 17.1 Å². The smallest absolute Gasteiger partial charge is 0.294 e. The molecule has 0 saturated carbocycles. The first-order valence-corrected chi connectivity index (χ1v) is 10.6. The summed E-state index contributed by atoms with van der Waals surface area (Å²) >= 11 is 0. The molecule has 0 aliphatic heterocycles. The van der Waals surface area contributed by atoms with Crippen LogP contribution in [0.3, 0.4) is 0 Å². The van der Waals surface area contributed by atoms with Crippen molar-refractivity contribution in [2.75, 3.05) is 51.6 Å². The van der Waals surface area contributed by atoms with Crippen LogP contribution in [-0.4, -0.2) is 71.1 Å². The van der Waals surface area contributed by atoms with E-state index in [0.29, 0.717) is 29.4 Å². The summed E-state index contributed by atoms with van der Waals surface area (Å²) in [5.41, 5.74) is 3.15. The van der Waals surface area contributed by atoms with Crippen molar-refractivity contribution in [3.05, 3.63) is 59.0 Å². The van der Waals surface area contributed by atoms with Crippen molar-refractivity contribution in [2.24, 2.45) is 0 Å². The highest BCUT2D eigenvalue weighted by Crippen LogP contribution is 2.39. The molecular formula is C23H26N8O3. The molecule has 34 heavy (non-hydrogen) atoms. The van der Waals surface area contributed by atoms with Crippen molar-refractivity contribution >= 4 is 34.0 Å². The molecule has 0 saturated heterocycles. The van der Waals surface area contributed by atoms with Gasteiger partial charge in [0.15, 0.2) is 0 Å². The molecule has 0 amide bonds. The van der Waals surface area contributed by atoms with Gasteiger partial charge in [-0.05, 0) is 32.3 Å². The second-order valence-corrected chi connectivity index (χ2v) is 8.02. The number of fused-ring (bicyclic) bond motifs is 1. The maximum absolute atomic E-state index is 11.9. The number of hydrogen-bond donors (Lipinski definition) is 2. The lowest BCUT2D eigenvalue weighted by Crippen LogP contribution is -2.28. The third-order valence-electron chi connectivity index (χ3n) is 5.42. The number of anilines is 3. The SMILES string of the molecule is COc1cc(N(C)CCN(C)C)c([N+](=O)[O-])cc1Nc1nccc(-c2c[nH]c3ncccc23)n1. The normalized spacial score (nSPS) is 11.1. The molecule has 0 spiro atoms. The molecule has 0 aliphatic carbocycles. The molecule has 0 aliphatic rings. The number of hydrogen-bond acceptors (Lipinski definition) is 9. The molecule has 3 aromatic heterocycles. The van der Waals surface area contributed by atoms with E-state index in [1.54, 1.807) is 24.5 Å². The van der Waals surface area contributed by atoms with Gasteiger partial charge >= 0.3 is 0 Å². The molecule has 3 heterocycles. The Morgan fingerprint density at radius 2 is 1.97 bits per heavy atom. The highest BCUT2D eigenvalue weighted by atomic mass is 16.6. The predicted octanol–water partition coefficient (Wildman–Crippen LogP) is 3.68. The largest absolute Gasteiger partial charge is 0.494 e. The van der Waals surface area contributed by atoms with Gasteiger partial charge in [-0.2, -0.15) is 0 Å². The number of nitro benzene ring substituents is 1. The van der Waals surface area contributed by atoms with Crippen molar-refractivity contribution < 1.29 is 9.66 Å². The highest BCUT2D eigenvalue weighted by Gasteiger charge is 2.22. The predicted molar refractivity (Wildman–Crippen MR) is 132 cm³/mol. The molecule has 4 rings (SSSR count). The number of aromatic nitrogens is 4. The second kappa shape index (κ2) is 9.71. The van der Waals surface area contributed by atoms with E-state index in [0.717, 1.165) is 23.1 Å². The van der Waals surface area contributed by atoms with Gasteiger partial charge in [-0.25, -0.2) is 15.0 Å². The molecule has 0 atom stereocenters. The van der Waals surface area contributed by atoms with Gasteiger partial charge in [-0.15, -0.1) is 0 Å². The van der Waals surface area contributed by atoms with Crippen molar-refractivity contribution in [2.45, 2.75) is 0 Å². The number of pyridine rings is 1. The summed E-state index contributed by atoms with van der Waals surface area (Å²) in [6.45, 7) is 1.37. The Labute approximate surface area is 196 Å². The third-order valence-corrected chi connectivity index (χ3v) is 5.42. The molecule has 11 heteroatoms. The highest BCUT2D eigenvalue weighted by molar-refractivity contribution is 5.92. The first-order valence-electron chi connectivity index (χ1n) is 10.6. The fourth-order valence-electron chi connectivity index (χ4n) is 3.60. The van der Waals surface area contributed by atoms with E-state index in [-0.39, 0.29) is 11.6 Å². The van der Waals surface area contributed by atoms with E-state index in [9.17, 15) is 10.1 Å². The number of ether oxygens (including phenoxy) is 1. The van der Waals surface area contributed by atoms with Crippen LogP contribution in [0.25, 0.3) is 22.3 Å². The van der Waals surface area contributed by atoms with Crippen LogP contribution in [0, 0.1) is 10.1 Å². The van der Waals surface area contributed by atoms with Gasteiger partial charge in [0.05, 0.1) is 23.4 Å². The van der Waals surface area contributed by atoms with Gasteiger partial charge in [-0.1, -0.05) is 0 Å². The monoisotopic (exact) mass is 462 g/mol.